The summed E-state index contributed by atoms with van der Waals surface area (Å²) in [5.41, 5.74) is 3.19. The van der Waals surface area contributed by atoms with Crippen LogP contribution in [0.5, 0.6) is 0 Å². The van der Waals surface area contributed by atoms with E-state index in [1.54, 1.807) is 41.4 Å². The molecule has 2 unspecified atom stereocenters. The molecule has 10 rings (SSSR count). The lowest BCUT2D eigenvalue weighted by molar-refractivity contribution is -0.125. The van der Waals surface area contributed by atoms with Crippen LogP contribution in [0, 0.1) is 11.8 Å². The molecule has 10 aliphatic rings. The number of aldehydes is 2. The first-order valence-electron chi connectivity index (χ1n) is 32.8. The molecule has 0 aromatic rings. The first-order chi connectivity index (χ1) is 46.7. The van der Waals surface area contributed by atoms with Crippen molar-refractivity contribution in [3.05, 3.63) is 135 Å². The lowest BCUT2D eigenvalue weighted by Crippen LogP contribution is -2.30. The Morgan fingerprint density at radius 1 is 0.454 bits per heavy atom. The Morgan fingerprint density at radius 3 is 1.14 bits per heavy atom. The minimum absolute atomic E-state index is 0. The van der Waals surface area contributed by atoms with Crippen molar-refractivity contribution in [3.63, 3.8) is 0 Å². The van der Waals surface area contributed by atoms with Crippen LogP contribution in [-0.2, 0) is 43.2 Å². The first kappa shape index (κ1) is 85.4. The van der Waals surface area contributed by atoms with Gasteiger partial charge in [0, 0.05) is 65.9 Å². The van der Waals surface area contributed by atoms with Crippen LogP contribution in [0.3, 0.4) is 0 Å². The van der Waals surface area contributed by atoms with Crippen molar-refractivity contribution in [2.24, 2.45) is 11.8 Å². The van der Waals surface area contributed by atoms with Gasteiger partial charge in [0.1, 0.15) is 35.4 Å². The molecule has 6 aliphatic heterocycles. The van der Waals surface area contributed by atoms with Gasteiger partial charge in [-0.25, -0.2) is 0 Å². The molecule has 4 aliphatic carbocycles. The number of amides is 6. The number of thiocarbonyl (C=S) groups is 6. The van der Waals surface area contributed by atoms with Gasteiger partial charge in [-0.3, -0.25) is 63.0 Å². The molecule has 6 amide bonds. The maximum absolute atomic E-state index is 12.1. The van der Waals surface area contributed by atoms with E-state index in [0.717, 1.165) is 115 Å². The molecule has 2 atom stereocenters. The Bertz CT molecular complexity index is 2890. The van der Waals surface area contributed by atoms with Crippen molar-refractivity contribution in [2.45, 2.75) is 142 Å². The largest absolute Gasteiger partial charge is 0.353 e. The van der Waals surface area contributed by atoms with Gasteiger partial charge in [-0.1, -0.05) is 106 Å². The van der Waals surface area contributed by atoms with Crippen LogP contribution in [0.15, 0.2) is 135 Å². The molecule has 0 bridgehead atoms. The number of nitrogens with one attached hydrogen (secondary N) is 6. The highest BCUT2D eigenvalue weighted by atomic mass is 32.1. The number of carbonyl (C=O) groups excluding carboxylic acids is 9. The second-order valence-electron chi connectivity index (χ2n) is 22.6. The quantitative estimate of drug-likeness (QED) is 0.0323. The number of carbonyl (C=O) groups is 9. The van der Waals surface area contributed by atoms with E-state index >= 15 is 0 Å². The molecule has 530 valence electrons. The molecule has 21 nitrogen and oxygen atoms in total. The smallest absolute Gasteiger partial charge is 0.276 e. The van der Waals surface area contributed by atoms with Crippen LogP contribution < -0.4 is 31.9 Å². The summed E-state index contributed by atoms with van der Waals surface area (Å²) in [4.78, 5) is 108. The number of Topliss-reactive ketones (excluding diaryl/α,β-unsaturated/α-hetero) is 1. The Labute approximate surface area is 607 Å². The van der Waals surface area contributed by atoms with Crippen LogP contribution >= 0.6 is 73.3 Å². The Kier molecular flexibility index (Phi) is 43.8. The summed E-state index contributed by atoms with van der Waals surface area (Å²) in [5.74, 6) is 1.21. The van der Waals surface area contributed by atoms with Gasteiger partial charge in [-0.05, 0) is 175 Å². The molecule has 2 saturated carbocycles. The van der Waals surface area contributed by atoms with E-state index in [0.29, 0.717) is 125 Å². The molecule has 0 spiro atoms. The molecule has 8 fully saturated rings. The number of hydrogen-bond acceptors (Lipinski definition) is 15. The molecular formula is C70H100N12O9S6. The third-order valence-electron chi connectivity index (χ3n) is 15.0. The summed E-state index contributed by atoms with van der Waals surface area (Å²) in [7, 11) is 0. The van der Waals surface area contributed by atoms with E-state index < -0.39 is 0 Å². The highest BCUT2D eigenvalue weighted by molar-refractivity contribution is 7.81. The average molecular weight is 1450 g/mol. The average Bonchev–Trinajstić information content (AvgIpc) is 1.68. The van der Waals surface area contributed by atoms with Gasteiger partial charge in [-0.2, -0.15) is 0 Å². The Balaban J connectivity index is 0.000000562. The van der Waals surface area contributed by atoms with E-state index in [1.165, 1.54) is 55.8 Å². The maximum Gasteiger partial charge on any atom is 0.276 e. The second-order valence-corrected chi connectivity index (χ2v) is 24.9. The topological polar surface area (TPSA) is 245 Å². The van der Waals surface area contributed by atoms with Gasteiger partial charge >= 0.3 is 0 Å². The molecule has 0 aromatic heterocycles. The lowest BCUT2D eigenvalue weighted by Gasteiger charge is -2.15. The van der Waals surface area contributed by atoms with Crippen LogP contribution in [0.1, 0.15) is 144 Å². The first-order valence-corrected chi connectivity index (χ1v) is 35.2. The number of hydrogen-bond donors (Lipinski definition) is 6. The zero-order valence-electron chi connectivity index (χ0n) is 56.3. The third-order valence-corrected chi connectivity index (χ3v) is 17.1. The monoisotopic (exact) mass is 1450 g/mol. The van der Waals surface area contributed by atoms with Gasteiger partial charge in [-0.15, -0.1) is 39.5 Å². The van der Waals surface area contributed by atoms with Crippen molar-refractivity contribution in [3.8, 4) is 0 Å². The molecular weight excluding hydrogens is 1350 g/mol. The van der Waals surface area contributed by atoms with Crippen LogP contribution in [0.25, 0.3) is 0 Å². The van der Waals surface area contributed by atoms with Gasteiger partial charge in [0.05, 0.1) is 19.6 Å². The molecule has 97 heavy (non-hydrogen) atoms. The summed E-state index contributed by atoms with van der Waals surface area (Å²) in [6.07, 6.45) is 45.3. The van der Waals surface area contributed by atoms with Crippen LogP contribution in [0.4, 0.5) is 0 Å². The van der Waals surface area contributed by atoms with E-state index in [1.807, 2.05) is 19.1 Å². The van der Waals surface area contributed by atoms with Crippen LogP contribution in [0.2, 0.25) is 0 Å². The van der Waals surface area contributed by atoms with Gasteiger partial charge in [0.25, 0.3) is 17.7 Å². The lowest BCUT2D eigenvalue weighted by atomic mass is 9.93. The van der Waals surface area contributed by atoms with Gasteiger partial charge in [0.15, 0.2) is 30.7 Å². The third kappa shape index (κ3) is 31.2. The van der Waals surface area contributed by atoms with Crippen molar-refractivity contribution >= 4 is 158 Å². The van der Waals surface area contributed by atoms with Crippen LogP contribution in [-0.4, -0.2) is 173 Å². The summed E-state index contributed by atoms with van der Waals surface area (Å²) in [5, 5.41) is 20.2. The molecule has 6 heterocycles. The maximum atomic E-state index is 12.1. The number of nitrogens with zero attached hydrogens (tertiary/aromatic N) is 6. The number of unbranched alkanes of at least 4 members (excludes halogenated alkanes) is 2. The Morgan fingerprint density at radius 2 is 0.825 bits per heavy atom. The minimum atomic E-state index is -0.0525. The van der Waals surface area contributed by atoms with E-state index in [4.69, 9.17) is 73.3 Å². The number of rotatable bonds is 18. The summed E-state index contributed by atoms with van der Waals surface area (Å²) < 4.78 is 0. The molecule has 6 saturated heterocycles. The molecule has 27 heteroatoms. The fourth-order valence-corrected chi connectivity index (χ4v) is 11.4. The zero-order valence-corrected chi connectivity index (χ0v) is 61.2. The normalized spacial score (nSPS) is 20.6. The fourth-order valence-electron chi connectivity index (χ4n) is 9.81. The van der Waals surface area contributed by atoms with Crippen molar-refractivity contribution < 1.29 is 44.6 Å². The number of allylic oxidation sites excluding steroid dienone is 7. The van der Waals surface area contributed by atoms with Crippen molar-refractivity contribution in [2.75, 3.05) is 58.9 Å². The van der Waals surface area contributed by atoms with Crippen molar-refractivity contribution in [1.82, 2.24) is 61.3 Å². The standard InChI is InChI=1S/C13H16N2OS.C12H16N2OS.C10H14N2OS.C7H10O.3C6H8N2OS.C6H10O.C4H8O.H2/c1-2-8-15-12(16)11(14-13(15)17)9-10-6-4-3-5-7-10;1-2-8-14-11(15)10(13-12(14)16)9-6-4-3-5-7-9;1-3-5-6-8-9(13)12(7-4-2)10(14)11-8;8-6-7-4-2-1-3-5-7;3*1-2-3-8-5(9)4-7-6(8)10;7-6-4-2-1-3-5-6;1-2-3-4-5;/h2-4,9-10H,1,5-8H2,(H,14,17);2H,1,3-8H2,(H,13,16);4,6H,2-3,5,7H2,1H3,(H,11,14);1-2,6-7H,3-5H2;3*2H,1,3-4H2,(H,7,10);1-5H2;4H,2-3H2,1H3;1H/b11-9-;;8-6+;;;;;;;/i;;;;;;;;;1+1. The SMILES string of the molecule is C=CCN1C(=O)/C(=C/C2CC=CCC2)NC1=S.C=CCN1C(=O)/C(=C\CCC)NC1=S.C=CCN1C(=O)C(=C2CCCCC2)NC1=S.C=CCN1C(=O)CNC1=S.C=CCN1C(=O)CNC1=S.C=CCN1C(=O)CNC1=S.CCCC=O.O=C1CCCCC1.O=CC1CC=CCC1.[2HH]. The van der Waals surface area contributed by atoms with E-state index in [9.17, 15) is 43.2 Å². The minimum Gasteiger partial charge on any atom is -0.353 e. The van der Waals surface area contributed by atoms with Crippen molar-refractivity contribution in [1.29, 1.82) is 0 Å². The highest BCUT2D eigenvalue weighted by Gasteiger charge is 2.34. The predicted molar refractivity (Wildman–Crippen MR) is 412 cm³/mol. The molecule has 6 N–H and O–H groups in total. The van der Waals surface area contributed by atoms with Gasteiger partial charge < -0.3 is 41.5 Å². The second kappa shape index (κ2) is 49.8. The Hall–Kier alpha value is -7.69. The van der Waals surface area contributed by atoms with E-state index in [-0.39, 0.29) is 36.9 Å². The zero-order chi connectivity index (χ0) is 72.1. The predicted octanol–water partition coefficient (Wildman–Crippen LogP) is 9.77. The van der Waals surface area contributed by atoms with E-state index in [2.05, 4.69) is 103 Å². The fraction of sp³-hybridized carbons (Fsp3) is 0.471. The summed E-state index contributed by atoms with van der Waals surface area (Å²) >= 11 is 29.8. The van der Waals surface area contributed by atoms with Gasteiger partial charge in [0.2, 0.25) is 17.7 Å². The molecule has 0 aromatic carbocycles. The highest BCUT2D eigenvalue weighted by Crippen LogP contribution is 2.28. The number of ketones is 1. The summed E-state index contributed by atoms with van der Waals surface area (Å²) in [6, 6.07) is 0. The molecule has 0 radical (unpaired) electrons. The summed E-state index contributed by atoms with van der Waals surface area (Å²) in [6.45, 7) is 29.3.